The summed E-state index contributed by atoms with van der Waals surface area (Å²) in [6.07, 6.45) is 4.19. The second kappa shape index (κ2) is 7.13. The Morgan fingerprint density at radius 3 is 2.50 bits per heavy atom. The molecule has 1 aliphatic heterocycles. The van der Waals surface area contributed by atoms with Crippen LogP contribution in [0.1, 0.15) is 26.7 Å². The quantitative estimate of drug-likeness (QED) is 0.622. The van der Waals surface area contributed by atoms with Gasteiger partial charge in [-0.3, -0.25) is 0 Å². The number of nitrogens with one attached hydrogen (secondary N) is 2. The maximum atomic E-state index is 5.44. The second-order valence-corrected chi connectivity index (χ2v) is 6.21. The van der Waals surface area contributed by atoms with E-state index in [4.69, 9.17) is 4.74 Å². The summed E-state index contributed by atoms with van der Waals surface area (Å²) in [4.78, 5) is 8.95. The molecule has 112 valence electrons. The van der Waals surface area contributed by atoms with Gasteiger partial charge in [-0.05, 0) is 31.4 Å². The first kappa shape index (κ1) is 15.4. The van der Waals surface area contributed by atoms with E-state index in [0.29, 0.717) is 5.41 Å². The van der Waals surface area contributed by atoms with Gasteiger partial charge in [-0.2, -0.15) is 0 Å². The highest BCUT2D eigenvalue weighted by molar-refractivity contribution is 7.98. The Hall–Kier alpha value is -1.01. The van der Waals surface area contributed by atoms with E-state index in [1.54, 1.807) is 11.8 Å². The number of aromatic nitrogens is 2. The number of ether oxygens (including phenoxy) is 1. The van der Waals surface area contributed by atoms with E-state index >= 15 is 0 Å². The molecule has 0 bridgehead atoms. The molecule has 0 atom stereocenters. The van der Waals surface area contributed by atoms with Crippen molar-refractivity contribution in [1.82, 2.24) is 9.97 Å². The molecule has 2 rings (SSSR count). The zero-order valence-electron chi connectivity index (χ0n) is 12.5. The van der Waals surface area contributed by atoms with Crippen molar-refractivity contribution in [1.29, 1.82) is 0 Å². The van der Waals surface area contributed by atoms with Crippen molar-refractivity contribution in [3.63, 3.8) is 0 Å². The molecule has 1 aliphatic rings. The van der Waals surface area contributed by atoms with Crippen LogP contribution in [0, 0.1) is 5.41 Å². The summed E-state index contributed by atoms with van der Waals surface area (Å²) in [5.41, 5.74) is 0.293. The molecule has 1 saturated heterocycles. The van der Waals surface area contributed by atoms with Gasteiger partial charge in [0.15, 0.2) is 5.16 Å². The average Bonchev–Trinajstić information content (AvgIpc) is 2.46. The molecule has 2 N–H and O–H groups in total. The number of rotatable bonds is 6. The molecule has 0 saturated carbocycles. The van der Waals surface area contributed by atoms with Gasteiger partial charge < -0.3 is 15.4 Å². The Morgan fingerprint density at radius 2 is 1.90 bits per heavy atom. The molecule has 0 unspecified atom stereocenters. The molecule has 5 nitrogen and oxygen atoms in total. The van der Waals surface area contributed by atoms with Crippen LogP contribution in [0.2, 0.25) is 0 Å². The minimum atomic E-state index is 0.293. The van der Waals surface area contributed by atoms with Gasteiger partial charge in [-0.1, -0.05) is 18.7 Å². The van der Waals surface area contributed by atoms with Gasteiger partial charge >= 0.3 is 0 Å². The summed E-state index contributed by atoms with van der Waals surface area (Å²) in [6.45, 7) is 7.88. The smallest absolute Gasteiger partial charge is 0.191 e. The van der Waals surface area contributed by atoms with Gasteiger partial charge in [-0.15, -0.1) is 0 Å². The van der Waals surface area contributed by atoms with Crippen LogP contribution in [0.15, 0.2) is 11.2 Å². The predicted molar refractivity (Wildman–Crippen MR) is 84.6 cm³/mol. The van der Waals surface area contributed by atoms with E-state index in [1.807, 2.05) is 12.3 Å². The monoisotopic (exact) mass is 296 g/mol. The Balaban J connectivity index is 2.02. The van der Waals surface area contributed by atoms with E-state index in [-0.39, 0.29) is 0 Å². The van der Waals surface area contributed by atoms with E-state index < -0.39 is 0 Å². The standard InChI is InChI=1S/C14H24N4OS/c1-4-15-11-9-12(18-13(17-11)20-3)16-10-14(2)5-7-19-8-6-14/h9H,4-8,10H2,1-3H3,(H2,15,16,17,18). The summed E-state index contributed by atoms with van der Waals surface area (Å²) in [5, 5.41) is 7.51. The lowest BCUT2D eigenvalue weighted by molar-refractivity contribution is 0.0299. The van der Waals surface area contributed by atoms with Crippen molar-refractivity contribution >= 4 is 23.4 Å². The first-order chi connectivity index (χ1) is 9.65. The Labute approximate surface area is 125 Å². The molecule has 20 heavy (non-hydrogen) atoms. The van der Waals surface area contributed by atoms with Gasteiger partial charge in [0, 0.05) is 32.4 Å². The number of nitrogens with zero attached hydrogens (tertiary/aromatic N) is 2. The SMILES string of the molecule is CCNc1cc(NCC2(C)CCOCC2)nc(SC)n1. The lowest BCUT2D eigenvalue weighted by Crippen LogP contribution is -2.33. The Bertz CT molecular complexity index is 435. The molecule has 6 heteroatoms. The summed E-state index contributed by atoms with van der Waals surface area (Å²) in [6, 6.07) is 1.98. The van der Waals surface area contributed by atoms with E-state index in [9.17, 15) is 0 Å². The van der Waals surface area contributed by atoms with Crippen molar-refractivity contribution in [2.24, 2.45) is 5.41 Å². The van der Waals surface area contributed by atoms with E-state index in [0.717, 1.165) is 55.9 Å². The number of hydrogen-bond donors (Lipinski definition) is 2. The predicted octanol–water partition coefficient (Wildman–Crippen LogP) is 2.86. The molecular formula is C14H24N4OS. The molecule has 1 aromatic heterocycles. The van der Waals surface area contributed by atoms with E-state index in [2.05, 4.69) is 34.4 Å². The van der Waals surface area contributed by atoms with Crippen LogP contribution in [0.3, 0.4) is 0 Å². The second-order valence-electron chi connectivity index (χ2n) is 5.43. The molecule has 2 heterocycles. The zero-order chi connectivity index (χ0) is 14.4. The van der Waals surface area contributed by atoms with Crippen molar-refractivity contribution in [3.8, 4) is 0 Å². The van der Waals surface area contributed by atoms with E-state index in [1.165, 1.54) is 0 Å². The van der Waals surface area contributed by atoms with Crippen LogP contribution in [0.4, 0.5) is 11.6 Å². The van der Waals surface area contributed by atoms with Gasteiger partial charge in [0.2, 0.25) is 0 Å². The number of anilines is 2. The maximum Gasteiger partial charge on any atom is 0.191 e. The first-order valence-corrected chi connectivity index (χ1v) is 8.36. The molecular weight excluding hydrogens is 272 g/mol. The van der Waals surface area contributed by atoms with Crippen LogP contribution in [-0.2, 0) is 4.74 Å². The van der Waals surface area contributed by atoms with Gasteiger partial charge in [-0.25, -0.2) is 9.97 Å². The highest BCUT2D eigenvalue weighted by Crippen LogP contribution is 2.30. The third kappa shape index (κ3) is 4.24. The average molecular weight is 296 g/mol. The first-order valence-electron chi connectivity index (χ1n) is 7.14. The lowest BCUT2D eigenvalue weighted by atomic mass is 9.82. The highest BCUT2D eigenvalue weighted by atomic mass is 32.2. The molecule has 1 aromatic rings. The van der Waals surface area contributed by atoms with Crippen LogP contribution in [0.5, 0.6) is 0 Å². The minimum Gasteiger partial charge on any atom is -0.381 e. The lowest BCUT2D eigenvalue weighted by Gasteiger charge is -2.33. The van der Waals surface area contributed by atoms with Crippen molar-refractivity contribution in [2.45, 2.75) is 31.8 Å². The van der Waals surface area contributed by atoms with Crippen molar-refractivity contribution in [3.05, 3.63) is 6.07 Å². The summed E-state index contributed by atoms with van der Waals surface area (Å²) < 4.78 is 5.44. The summed E-state index contributed by atoms with van der Waals surface area (Å²) in [5.74, 6) is 1.78. The largest absolute Gasteiger partial charge is 0.381 e. The third-order valence-electron chi connectivity index (χ3n) is 3.64. The van der Waals surface area contributed by atoms with Gasteiger partial charge in [0.25, 0.3) is 0 Å². The summed E-state index contributed by atoms with van der Waals surface area (Å²) >= 11 is 1.56. The molecule has 0 aliphatic carbocycles. The highest BCUT2D eigenvalue weighted by Gasteiger charge is 2.27. The van der Waals surface area contributed by atoms with Crippen molar-refractivity contribution < 1.29 is 4.74 Å². The molecule has 0 aromatic carbocycles. The minimum absolute atomic E-state index is 0.293. The molecule has 0 amide bonds. The zero-order valence-corrected chi connectivity index (χ0v) is 13.3. The topological polar surface area (TPSA) is 59.1 Å². The van der Waals surface area contributed by atoms with Gasteiger partial charge in [0.1, 0.15) is 11.6 Å². The number of hydrogen-bond acceptors (Lipinski definition) is 6. The third-order valence-corrected chi connectivity index (χ3v) is 4.19. The van der Waals surface area contributed by atoms with Crippen molar-refractivity contribution in [2.75, 3.05) is 43.2 Å². The van der Waals surface area contributed by atoms with Crippen LogP contribution >= 0.6 is 11.8 Å². The van der Waals surface area contributed by atoms with Crippen LogP contribution < -0.4 is 10.6 Å². The molecule has 1 fully saturated rings. The summed E-state index contributed by atoms with van der Waals surface area (Å²) in [7, 11) is 0. The molecule has 0 radical (unpaired) electrons. The fraction of sp³-hybridized carbons (Fsp3) is 0.714. The Kier molecular flexibility index (Phi) is 5.48. The fourth-order valence-electron chi connectivity index (χ4n) is 2.22. The van der Waals surface area contributed by atoms with Crippen LogP contribution in [-0.4, -0.2) is 42.5 Å². The Morgan fingerprint density at radius 1 is 1.25 bits per heavy atom. The maximum absolute atomic E-state index is 5.44. The normalized spacial score (nSPS) is 17.8. The van der Waals surface area contributed by atoms with Gasteiger partial charge in [0.05, 0.1) is 0 Å². The fourth-order valence-corrected chi connectivity index (χ4v) is 2.60. The van der Waals surface area contributed by atoms with Crippen LogP contribution in [0.25, 0.3) is 0 Å². The molecule has 0 spiro atoms. The number of thioether (sulfide) groups is 1.